The summed E-state index contributed by atoms with van der Waals surface area (Å²) in [6.07, 6.45) is 1.64. The van der Waals surface area contributed by atoms with Crippen molar-refractivity contribution in [3.63, 3.8) is 0 Å². The van der Waals surface area contributed by atoms with E-state index in [2.05, 4.69) is 5.10 Å². The molecule has 0 aliphatic rings. The van der Waals surface area contributed by atoms with E-state index in [1.165, 1.54) is 4.68 Å². The summed E-state index contributed by atoms with van der Waals surface area (Å²) in [6, 6.07) is 9.39. The zero-order valence-corrected chi connectivity index (χ0v) is 9.04. The fraction of sp³-hybridized carbons (Fsp3) is 0.0909. The van der Waals surface area contributed by atoms with E-state index in [9.17, 15) is 4.79 Å². The van der Waals surface area contributed by atoms with Crippen LogP contribution in [-0.4, -0.2) is 14.6 Å². The van der Waals surface area contributed by atoms with Gasteiger partial charge in [-0.25, -0.2) is 4.68 Å². The molecule has 0 spiro atoms. The van der Waals surface area contributed by atoms with Crippen molar-refractivity contribution in [1.29, 1.82) is 0 Å². The van der Waals surface area contributed by atoms with Crippen molar-refractivity contribution in [2.24, 2.45) is 0 Å². The van der Waals surface area contributed by atoms with Crippen LogP contribution in [0.3, 0.4) is 0 Å². The predicted molar refractivity (Wildman–Crippen MR) is 63.8 cm³/mol. The van der Waals surface area contributed by atoms with Gasteiger partial charge in [0.1, 0.15) is 0 Å². The SMILES string of the molecule is CC(=S)c1c[nH]n(-c2ccccc2)c1=O. The number of aromatic nitrogens is 2. The Bertz CT molecular complexity index is 539. The molecule has 3 nitrogen and oxygen atoms in total. The van der Waals surface area contributed by atoms with Crippen LogP contribution in [0.1, 0.15) is 12.5 Å². The Balaban J connectivity index is 2.57. The summed E-state index contributed by atoms with van der Waals surface area (Å²) in [5, 5.41) is 2.89. The number of nitrogens with one attached hydrogen (secondary N) is 1. The minimum atomic E-state index is -0.103. The Hall–Kier alpha value is -1.68. The van der Waals surface area contributed by atoms with E-state index in [4.69, 9.17) is 12.2 Å². The van der Waals surface area contributed by atoms with Gasteiger partial charge >= 0.3 is 0 Å². The molecule has 1 aromatic heterocycles. The average Bonchev–Trinajstić information content (AvgIpc) is 2.61. The first-order valence-corrected chi connectivity index (χ1v) is 4.98. The Kier molecular flexibility index (Phi) is 2.51. The third-order valence-corrected chi connectivity index (χ3v) is 2.39. The molecule has 0 aliphatic heterocycles. The van der Waals surface area contributed by atoms with Gasteiger partial charge in [0, 0.05) is 11.1 Å². The van der Waals surface area contributed by atoms with Crippen molar-refractivity contribution in [3.8, 4) is 5.69 Å². The molecular formula is C11H10N2OS. The smallest absolute Gasteiger partial charge is 0.279 e. The van der Waals surface area contributed by atoms with Gasteiger partial charge < -0.3 is 0 Å². The topological polar surface area (TPSA) is 37.8 Å². The fourth-order valence-corrected chi connectivity index (χ4v) is 1.54. The molecule has 1 heterocycles. The highest BCUT2D eigenvalue weighted by Crippen LogP contribution is 2.03. The molecule has 0 unspecified atom stereocenters. The summed E-state index contributed by atoms with van der Waals surface area (Å²) in [4.78, 5) is 12.5. The molecule has 76 valence electrons. The van der Waals surface area contributed by atoms with Crippen LogP contribution in [0.5, 0.6) is 0 Å². The molecule has 0 atom stereocenters. The number of benzene rings is 1. The molecule has 0 fully saturated rings. The largest absolute Gasteiger partial charge is 0.298 e. The molecule has 1 aromatic carbocycles. The van der Waals surface area contributed by atoms with Crippen molar-refractivity contribution in [2.75, 3.05) is 0 Å². The quantitative estimate of drug-likeness (QED) is 0.617. The van der Waals surface area contributed by atoms with Crippen molar-refractivity contribution in [1.82, 2.24) is 9.78 Å². The van der Waals surface area contributed by atoms with Gasteiger partial charge in [0.05, 0.1) is 11.3 Å². The molecule has 0 saturated heterocycles. The third kappa shape index (κ3) is 1.76. The summed E-state index contributed by atoms with van der Waals surface area (Å²) >= 11 is 4.98. The highest BCUT2D eigenvalue weighted by molar-refractivity contribution is 7.80. The van der Waals surface area contributed by atoms with Crippen molar-refractivity contribution in [2.45, 2.75) is 6.92 Å². The number of rotatable bonds is 2. The molecule has 0 radical (unpaired) electrons. The summed E-state index contributed by atoms with van der Waals surface area (Å²) in [5.74, 6) is 0. The molecule has 15 heavy (non-hydrogen) atoms. The number of hydrogen-bond acceptors (Lipinski definition) is 2. The number of H-pyrrole nitrogens is 1. The van der Waals surface area contributed by atoms with E-state index in [1.807, 2.05) is 30.3 Å². The lowest BCUT2D eigenvalue weighted by molar-refractivity contribution is 0.849. The maximum absolute atomic E-state index is 11.9. The highest BCUT2D eigenvalue weighted by Gasteiger charge is 2.08. The zero-order valence-electron chi connectivity index (χ0n) is 8.23. The molecule has 0 bridgehead atoms. The van der Waals surface area contributed by atoms with Gasteiger partial charge in [-0.1, -0.05) is 30.4 Å². The molecule has 1 N–H and O–H groups in total. The Morgan fingerprint density at radius 2 is 2.00 bits per heavy atom. The van der Waals surface area contributed by atoms with Crippen LogP contribution in [0.4, 0.5) is 0 Å². The minimum Gasteiger partial charge on any atom is -0.298 e. The molecule has 0 aliphatic carbocycles. The van der Waals surface area contributed by atoms with E-state index in [0.717, 1.165) is 5.69 Å². The van der Waals surface area contributed by atoms with Crippen molar-refractivity contribution >= 4 is 17.1 Å². The van der Waals surface area contributed by atoms with Crippen molar-refractivity contribution in [3.05, 3.63) is 52.4 Å². The van der Waals surface area contributed by atoms with E-state index in [0.29, 0.717) is 10.4 Å². The normalized spacial score (nSPS) is 10.2. The average molecular weight is 218 g/mol. The standard InChI is InChI=1S/C11H10N2OS/c1-8(15)10-7-12-13(11(10)14)9-5-3-2-4-6-9/h2-7,12H,1H3. The van der Waals surface area contributed by atoms with Crippen LogP contribution in [0.15, 0.2) is 41.3 Å². The molecule has 2 rings (SSSR count). The third-order valence-electron chi connectivity index (χ3n) is 2.17. The lowest BCUT2D eigenvalue weighted by Gasteiger charge is -1.99. The van der Waals surface area contributed by atoms with E-state index >= 15 is 0 Å². The van der Waals surface area contributed by atoms with Crippen LogP contribution >= 0.6 is 12.2 Å². The summed E-state index contributed by atoms with van der Waals surface area (Å²) in [6.45, 7) is 1.75. The van der Waals surface area contributed by atoms with Crippen LogP contribution in [0, 0.1) is 0 Å². The van der Waals surface area contributed by atoms with E-state index < -0.39 is 0 Å². The summed E-state index contributed by atoms with van der Waals surface area (Å²) in [5.41, 5.74) is 1.26. The predicted octanol–water partition coefficient (Wildman–Crippen LogP) is 1.90. The number of hydrogen-bond donors (Lipinski definition) is 1. The molecular weight excluding hydrogens is 208 g/mol. The first kappa shape index (κ1) is 9.86. The van der Waals surface area contributed by atoms with Crippen LogP contribution in [0.2, 0.25) is 0 Å². The Morgan fingerprint density at radius 1 is 1.33 bits per heavy atom. The summed E-state index contributed by atoms with van der Waals surface area (Å²) in [7, 11) is 0. The number of nitrogens with zero attached hydrogens (tertiary/aromatic N) is 1. The number of aromatic amines is 1. The van der Waals surface area contributed by atoms with Gasteiger partial charge in [0.25, 0.3) is 5.56 Å². The van der Waals surface area contributed by atoms with Gasteiger partial charge in [0.15, 0.2) is 0 Å². The maximum Gasteiger partial charge on any atom is 0.279 e. The highest BCUT2D eigenvalue weighted by atomic mass is 32.1. The second-order valence-electron chi connectivity index (χ2n) is 3.22. The second kappa shape index (κ2) is 3.82. The lowest BCUT2D eigenvalue weighted by atomic mass is 10.3. The lowest BCUT2D eigenvalue weighted by Crippen LogP contribution is -2.18. The first-order valence-electron chi connectivity index (χ1n) is 4.57. The Labute approximate surface area is 92.3 Å². The van der Waals surface area contributed by atoms with E-state index in [1.54, 1.807) is 13.1 Å². The molecule has 0 amide bonds. The molecule has 4 heteroatoms. The van der Waals surface area contributed by atoms with Crippen LogP contribution < -0.4 is 5.56 Å². The van der Waals surface area contributed by atoms with E-state index in [-0.39, 0.29) is 5.56 Å². The van der Waals surface area contributed by atoms with Crippen molar-refractivity contribution < 1.29 is 0 Å². The number of thiocarbonyl (C=S) groups is 1. The van der Waals surface area contributed by atoms with Gasteiger partial charge in [-0.2, -0.15) is 0 Å². The van der Waals surface area contributed by atoms with Gasteiger partial charge in [-0.3, -0.25) is 9.89 Å². The second-order valence-corrected chi connectivity index (χ2v) is 3.83. The van der Waals surface area contributed by atoms with Gasteiger partial charge in [-0.05, 0) is 19.1 Å². The monoisotopic (exact) mass is 218 g/mol. The molecule has 2 aromatic rings. The first-order chi connectivity index (χ1) is 7.20. The van der Waals surface area contributed by atoms with Gasteiger partial charge in [0.2, 0.25) is 0 Å². The maximum atomic E-state index is 11.9. The number of para-hydroxylation sites is 1. The van der Waals surface area contributed by atoms with Crippen LogP contribution in [-0.2, 0) is 0 Å². The fourth-order valence-electron chi connectivity index (χ4n) is 1.39. The molecule has 0 saturated carbocycles. The van der Waals surface area contributed by atoms with Gasteiger partial charge in [-0.15, -0.1) is 0 Å². The Morgan fingerprint density at radius 3 is 2.53 bits per heavy atom. The van der Waals surface area contributed by atoms with Crippen LogP contribution in [0.25, 0.3) is 5.69 Å². The summed E-state index contributed by atoms with van der Waals surface area (Å²) < 4.78 is 1.48. The zero-order chi connectivity index (χ0) is 10.8. The minimum absolute atomic E-state index is 0.103.